The number of nitrogen functional groups attached to an aromatic ring is 2. The van der Waals surface area contributed by atoms with Crippen LogP contribution in [0.15, 0.2) is 21.9 Å². The number of rotatable bonds is 6. The lowest BCUT2D eigenvalue weighted by molar-refractivity contribution is -0.132. The molecule has 14 nitrogen and oxygen atoms in total. The molecule has 5 N–H and O–H groups in total. The fourth-order valence-electron chi connectivity index (χ4n) is 5.15. The van der Waals surface area contributed by atoms with Crippen LogP contribution in [-0.4, -0.2) is 93.5 Å². The van der Waals surface area contributed by atoms with Crippen molar-refractivity contribution in [3.05, 3.63) is 21.9 Å². The summed E-state index contributed by atoms with van der Waals surface area (Å²) >= 11 is 22.4. The van der Waals surface area contributed by atoms with Gasteiger partial charge in [-0.05, 0) is 75.7 Å². The molecule has 0 radical (unpaired) electrons. The van der Waals surface area contributed by atoms with E-state index in [2.05, 4.69) is 67.3 Å². The molecule has 2 fully saturated rings. The highest BCUT2D eigenvalue weighted by molar-refractivity contribution is 9.10. The first-order valence-electron chi connectivity index (χ1n) is 14.2. The van der Waals surface area contributed by atoms with Gasteiger partial charge in [0.25, 0.3) is 0 Å². The molecule has 19 heteroatoms. The molecule has 0 unspecified atom stereocenters. The van der Waals surface area contributed by atoms with Gasteiger partial charge in [-0.25, -0.2) is 29.3 Å². The van der Waals surface area contributed by atoms with Gasteiger partial charge >= 0.3 is 0 Å². The van der Waals surface area contributed by atoms with Crippen LogP contribution in [0.3, 0.4) is 0 Å². The van der Waals surface area contributed by atoms with Gasteiger partial charge in [-0.1, -0.05) is 0 Å². The number of likely N-dealkylation sites (tertiary alicyclic amines) is 1. The monoisotopic (exact) mass is 808 g/mol. The van der Waals surface area contributed by atoms with Crippen LogP contribution in [0, 0.1) is 0 Å². The maximum absolute atomic E-state index is 12.1. The molecular weight excluding hydrogens is 779 g/mol. The van der Waals surface area contributed by atoms with E-state index in [1.54, 1.807) is 0 Å². The minimum absolute atomic E-state index is 0.0797. The van der Waals surface area contributed by atoms with Gasteiger partial charge in [0.15, 0.2) is 11.3 Å². The standard InChI is InChI=1S/C13H16BrClN6O.C10H13BrN6.C3H4Cl2O/c14-11-10-12(16)17-7-18-13(10)21(19-11)8-2-1-5-20(6-8)9(22)3-4-15;11-8-7-9(12)14-5-15-10(7)17(16-8)6-2-1-3-13-4-6;4-2-1-3(5)6/h7-8H,1-6H2,(H2,16,17,18);5-6,13H,1-4H2,(H2,12,14,15);1-2H2/t8-;6-;/m11./s1. The maximum atomic E-state index is 12.1. The number of halogens is 5. The number of anilines is 2. The zero-order valence-corrected chi connectivity index (χ0v) is 29.6. The van der Waals surface area contributed by atoms with E-state index >= 15 is 0 Å². The number of piperidine rings is 2. The van der Waals surface area contributed by atoms with Crippen molar-refractivity contribution in [2.45, 2.75) is 50.6 Å². The Morgan fingerprint density at radius 3 is 1.91 bits per heavy atom. The molecule has 244 valence electrons. The first-order valence-corrected chi connectivity index (χ1v) is 17.3. The Balaban J connectivity index is 0.000000178. The molecule has 0 aliphatic carbocycles. The third kappa shape index (κ3) is 8.92. The second-order valence-corrected chi connectivity index (χ2v) is 12.9. The second-order valence-electron chi connectivity index (χ2n) is 10.3. The third-order valence-corrected chi connectivity index (χ3v) is 8.94. The van der Waals surface area contributed by atoms with Gasteiger partial charge in [0.05, 0.1) is 22.9 Å². The van der Waals surface area contributed by atoms with E-state index in [1.165, 1.54) is 12.7 Å². The molecule has 45 heavy (non-hydrogen) atoms. The number of hydrogen-bond acceptors (Lipinski definition) is 11. The van der Waals surface area contributed by atoms with Crippen LogP contribution in [0.25, 0.3) is 22.1 Å². The fraction of sp³-hybridized carbons (Fsp3) is 0.538. The molecule has 2 atom stereocenters. The van der Waals surface area contributed by atoms with Crippen LogP contribution < -0.4 is 16.8 Å². The topological polar surface area (TPSA) is 189 Å². The summed E-state index contributed by atoms with van der Waals surface area (Å²) in [5.41, 5.74) is 13.2. The van der Waals surface area contributed by atoms with Gasteiger partial charge in [-0.3, -0.25) is 9.59 Å². The van der Waals surface area contributed by atoms with E-state index < -0.39 is 0 Å². The highest BCUT2D eigenvalue weighted by Gasteiger charge is 2.28. The van der Waals surface area contributed by atoms with Gasteiger partial charge in [-0.15, -0.1) is 23.2 Å². The number of hydrogen-bond donors (Lipinski definition) is 3. The molecule has 2 aliphatic heterocycles. The number of nitrogens with two attached hydrogens (primary N) is 2. The Kier molecular flexibility index (Phi) is 13.4. The van der Waals surface area contributed by atoms with E-state index in [0.29, 0.717) is 58.0 Å². The normalized spacial score (nSPS) is 18.2. The van der Waals surface area contributed by atoms with Crippen LogP contribution in [0.1, 0.15) is 50.6 Å². The minimum Gasteiger partial charge on any atom is -0.383 e. The maximum Gasteiger partial charge on any atom is 0.223 e. The predicted octanol–water partition coefficient (Wildman–Crippen LogP) is 4.44. The molecule has 2 aliphatic rings. The first kappa shape index (κ1) is 35.5. The number of alkyl halides is 2. The predicted molar refractivity (Wildman–Crippen MR) is 182 cm³/mol. The van der Waals surface area contributed by atoms with Crippen molar-refractivity contribution in [2.24, 2.45) is 0 Å². The summed E-state index contributed by atoms with van der Waals surface area (Å²) in [6.45, 7) is 3.38. The van der Waals surface area contributed by atoms with E-state index in [9.17, 15) is 9.59 Å². The van der Waals surface area contributed by atoms with Crippen LogP contribution >= 0.6 is 66.7 Å². The van der Waals surface area contributed by atoms with Gasteiger partial charge in [0.2, 0.25) is 11.1 Å². The van der Waals surface area contributed by atoms with Crippen LogP contribution in [0.5, 0.6) is 0 Å². The summed E-state index contributed by atoms with van der Waals surface area (Å²) in [6, 6.07) is 0.419. The Bertz CT molecular complexity index is 1620. The van der Waals surface area contributed by atoms with E-state index in [1.807, 2.05) is 14.3 Å². The van der Waals surface area contributed by atoms with Crippen molar-refractivity contribution in [1.29, 1.82) is 0 Å². The SMILES string of the molecule is Nc1ncnc2c1c(Br)nn2[C@@H]1CCCN(C(=O)CCCl)C1.Nc1ncnc2c1c(Br)nn2[C@@H]1CCCNC1.O=C(Cl)CCCl. The Labute approximate surface area is 291 Å². The third-order valence-electron chi connectivity index (χ3n) is 7.26. The van der Waals surface area contributed by atoms with Gasteiger partial charge in [-0.2, -0.15) is 10.2 Å². The number of carbonyl (C=O) groups is 2. The number of carbonyl (C=O) groups excluding carboxylic acids is 2. The van der Waals surface area contributed by atoms with Crippen molar-refractivity contribution in [2.75, 3.05) is 49.4 Å². The molecule has 0 saturated carbocycles. The van der Waals surface area contributed by atoms with Crippen molar-refractivity contribution in [3.63, 3.8) is 0 Å². The number of fused-ring (bicyclic) bond motifs is 2. The molecule has 6 rings (SSSR count). The van der Waals surface area contributed by atoms with E-state index in [-0.39, 0.29) is 23.6 Å². The summed E-state index contributed by atoms with van der Waals surface area (Å²) in [4.78, 5) is 40.2. The quantitative estimate of drug-likeness (QED) is 0.185. The Morgan fingerprint density at radius 1 is 0.867 bits per heavy atom. The molecule has 6 heterocycles. The zero-order chi connectivity index (χ0) is 32.5. The number of aromatic nitrogens is 8. The van der Waals surface area contributed by atoms with Crippen LogP contribution in [0.2, 0.25) is 0 Å². The van der Waals surface area contributed by atoms with Gasteiger partial charge in [0, 0.05) is 44.2 Å². The molecule has 2 saturated heterocycles. The molecular formula is C26H33Br2Cl3N12O2. The summed E-state index contributed by atoms with van der Waals surface area (Å²) in [5, 5.41) is 13.5. The van der Waals surface area contributed by atoms with Crippen molar-refractivity contribution < 1.29 is 9.59 Å². The second kappa shape index (κ2) is 17.0. The fourth-order valence-corrected chi connectivity index (χ4v) is 6.78. The van der Waals surface area contributed by atoms with Gasteiger partial charge < -0.3 is 21.7 Å². The smallest absolute Gasteiger partial charge is 0.223 e. The molecule has 0 aromatic carbocycles. The largest absolute Gasteiger partial charge is 0.383 e. The van der Waals surface area contributed by atoms with Gasteiger partial charge in [0.1, 0.15) is 33.5 Å². The number of nitrogens with one attached hydrogen (secondary N) is 1. The number of nitrogens with zero attached hydrogens (tertiary/aromatic N) is 9. The Hall–Kier alpha value is -2.37. The summed E-state index contributed by atoms with van der Waals surface area (Å²) < 4.78 is 5.14. The molecule has 1 amide bonds. The number of amides is 1. The Morgan fingerprint density at radius 2 is 1.42 bits per heavy atom. The molecule has 0 bridgehead atoms. The van der Waals surface area contributed by atoms with Crippen molar-refractivity contribution in [3.8, 4) is 0 Å². The van der Waals surface area contributed by atoms with Crippen LogP contribution in [0.4, 0.5) is 11.6 Å². The highest BCUT2D eigenvalue weighted by atomic mass is 79.9. The lowest BCUT2D eigenvalue weighted by atomic mass is 10.1. The summed E-state index contributed by atoms with van der Waals surface area (Å²) in [7, 11) is 0. The summed E-state index contributed by atoms with van der Waals surface area (Å²) in [6.07, 6.45) is 7.69. The molecule has 4 aromatic rings. The highest BCUT2D eigenvalue weighted by Crippen LogP contribution is 2.31. The average Bonchev–Trinajstić information content (AvgIpc) is 3.56. The zero-order valence-electron chi connectivity index (χ0n) is 24.2. The lowest BCUT2D eigenvalue weighted by Gasteiger charge is -2.33. The lowest BCUT2D eigenvalue weighted by Crippen LogP contribution is -2.41. The van der Waals surface area contributed by atoms with E-state index in [0.717, 1.165) is 61.0 Å². The average molecular weight is 812 g/mol. The summed E-state index contributed by atoms with van der Waals surface area (Å²) in [5.74, 6) is 1.62. The minimum atomic E-state index is -0.370. The van der Waals surface area contributed by atoms with Crippen molar-refractivity contribution in [1.82, 2.24) is 49.7 Å². The first-order chi connectivity index (χ1) is 21.7. The van der Waals surface area contributed by atoms with Crippen LogP contribution in [-0.2, 0) is 9.59 Å². The molecule has 4 aromatic heterocycles. The van der Waals surface area contributed by atoms with Crippen molar-refractivity contribution >= 4 is 112 Å². The van der Waals surface area contributed by atoms with E-state index in [4.69, 9.17) is 46.3 Å². The molecule has 0 spiro atoms.